The van der Waals surface area contributed by atoms with Gasteiger partial charge in [0.2, 0.25) is 0 Å². The molecule has 2 aliphatic heterocycles. The van der Waals surface area contributed by atoms with Gasteiger partial charge in [-0.05, 0) is 29.8 Å². The van der Waals surface area contributed by atoms with Crippen molar-refractivity contribution in [3.05, 3.63) is 59.7 Å². The molecule has 0 bridgehead atoms. The molecule has 2 aliphatic rings. The average Bonchev–Trinajstić information content (AvgIpc) is 2.63. The molecule has 2 aromatic carbocycles. The minimum atomic E-state index is -0.198. The van der Waals surface area contributed by atoms with Gasteiger partial charge < -0.3 is 20.3 Å². The molecular weight excluding hydrogens is 290 g/mol. The summed E-state index contributed by atoms with van der Waals surface area (Å²) in [6, 6.07) is 15.9. The first kappa shape index (κ1) is 14.1. The third-order valence-electron chi connectivity index (χ3n) is 4.35. The highest BCUT2D eigenvalue weighted by atomic mass is 16.5. The minimum Gasteiger partial charge on any atom is -0.378 e. The van der Waals surface area contributed by atoms with Crippen LogP contribution in [0.3, 0.4) is 0 Å². The Morgan fingerprint density at radius 3 is 2.48 bits per heavy atom. The molecule has 0 radical (unpaired) electrons. The zero-order valence-corrected chi connectivity index (χ0v) is 12.8. The second-order valence-electron chi connectivity index (χ2n) is 5.79. The summed E-state index contributed by atoms with van der Waals surface area (Å²) in [6.07, 6.45) is -0.198. The van der Waals surface area contributed by atoms with Crippen LogP contribution in [0.25, 0.3) is 0 Å². The monoisotopic (exact) mass is 309 g/mol. The number of para-hydroxylation sites is 1. The number of carbonyl (C=O) groups is 1. The van der Waals surface area contributed by atoms with Gasteiger partial charge in [0.15, 0.2) is 0 Å². The summed E-state index contributed by atoms with van der Waals surface area (Å²) in [5, 5.41) is 6.38. The first-order chi connectivity index (χ1) is 11.3. The summed E-state index contributed by atoms with van der Waals surface area (Å²) in [5.74, 6) is -0.0402. The van der Waals surface area contributed by atoms with Crippen LogP contribution in [-0.2, 0) is 4.74 Å². The number of anilines is 2. The van der Waals surface area contributed by atoms with E-state index >= 15 is 0 Å². The molecule has 5 heteroatoms. The number of rotatable bonds is 2. The van der Waals surface area contributed by atoms with E-state index in [1.165, 1.54) is 5.69 Å². The summed E-state index contributed by atoms with van der Waals surface area (Å²) in [4.78, 5) is 14.5. The van der Waals surface area contributed by atoms with Gasteiger partial charge >= 0.3 is 0 Å². The fourth-order valence-electron chi connectivity index (χ4n) is 3.07. The molecule has 23 heavy (non-hydrogen) atoms. The SMILES string of the molecule is O=C1NC(c2ccc(N3CCOCC3)cc2)Nc2ccccc21. The molecule has 1 unspecified atom stereocenters. The molecule has 1 amide bonds. The van der Waals surface area contributed by atoms with E-state index in [2.05, 4.69) is 39.8 Å². The maximum absolute atomic E-state index is 12.2. The van der Waals surface area contributed by atoms with Gasteiger partial charge in [-0.2, -0.15) is 0 Å². The molecule has 0 spiro atoms. The Kier molecular flexibility index (Phi) is 3.63. The van der Waals surface area contributed by atoms with Gasteiger partial charge in [0.05, 0.1) is 18.8 Å². The summed E-state index contributed by atoms with van der Waals surface area (Å²) < 4.78 is 5.39. The number of fused-ring (bicyclic) bond motifs is 1. The fourth-order valence-corrected chi connectivity index (χ4v) is 3.07. The Hall–Kier alpha value is -2.53. The molecule has 118 valence electrons. The molecule has 4 rings (SSSR count). The second-order valence-corrected chi connectivity index (χ2v) is 5.79. The number of benzene rings is 2. The number of amides is 1. The van der Waals surface area contributed by atoms with Gasteiger partial charge in [0.25, 0.3) is 5.91 Å². The first-order valence-corrected chi connectivity index (χ1v) is 7.90. The third-order valence-corrected chi connectivity index (χ3v) is 4.35. The van der Waals surface area contributed by atoms with Crippen molar-refractivity contribution in [3.63, 3.8) is 0 Å². The third kappa shape index (κ3) is 2.75. The van der Waals surface area contributed by atoms with Crippen molar-refractivity contribution in [2.24, 2.45) is 0 Å². The number of ether oxygens (including phenoxy) is 1. The molecule has 0 saturated carbocycles. The number of morpholine rings is 1. The van der Waals surface area contributed by atoms with Crippen molar-refractivity contribution < 1.29 is 9.53 Å². The van der Waals surface area contributed by atoms with Crippen LogP contribution >= 0.6 is 0 Å². The van der Waals surface area contributed by atoms with E-state index in [-0.39, 0.29) is 12.1 Å². The van der Waals surface area contributed by atoms with E-state index in [9.17, 15) is 4.79 Å². The summed E-state index contributed by atoms with van der Waals surface area (Å²) in [5.41, 5.74) is 3.80. The van der Waals surface area contributed by atoms with E-state index in [0.29, 0.717) is 5.56 Å². The summed E-state index contributed by atoms with van der Waals surface area (Å²) in [7, 11) is 0. The molecule has 5 nitrogen and oxygen atoms in total. The number of nitrogens with zero attached hydrogens (tertiary/aromatic N) is 1. The molecule has 2 aromatic rings. The molecule has 0 aliphatic carbocycles. The number of hydrogen-bond donors (Lipinski definition) is 2. The molecule has 1 fully saturated rings. The van der Waals surface area contributed by atoms with Gasteiger partial charge in [0, 0.05) is 24.5 Å². The predicted molar refractivity (Wildman–Crippen MR) is 89.7 cm³/mol. The lowest BCUT2D eigenvalue weighted by Gasteiger charge is -2.30. The van der Waals surface area contributed by atoms with Crippen molar-refractivity contribution in [1.82, 2.24) is 5.32 Å². The lowest BCUT2D eigenvalue weighted by molar-refractivity contribution is 0.0935. The number of hydrogen-bond acceptors (Lipinski definition) is 4. The topological polar surface area (TPSA) is 53.6 Å². The zero-order valence-electron chi connectivity index (χ0n) is 12.8. The lowest BCUT2D eigenvalue weighted by atomic mass is 10.1. The Bertz CT molecular complexity index is 708. The lowest BCUT2D eigenvalue weighted by Crippen LogP contribution is -2.38. The molecular formula is C18H19N3O2. The van der Waals surface area contributed by atoms with Crippen molar-refractivity contribution in [1.29, 1.82) is 0 Å². The van der Waals surface area contributed by atoms with Gasteiger partial charge in [-0.25, -0.2) is 0 Å². The Balaban J connectivity index is 1.54. The maximum atomic E-state index is 12.2. The van der Waals surface area contributed by atoms with E-state index in [0.717, 1.165) is 37.6 Å². The number of nitrogens with one attached hydrogen (secondary N) is 2. The van der Waals surface area contributed by atoms with Crippen LogP contribution in [0, 0.1) is 0 Å². The van der Waals surface area contributed by atoms with Crippen LogP contribution < -0.4 is 15.5 Å². The smallest absolute Gasteiger partial charge is 0.255 e. The van der Waals surface area contributed by atoms with Gasteiger partial charge in [-0.1, -0.05) is 24.3 Å². The quantitative estimate of drug-likeness (QED) is 0.894. The first-order valence-electron chi connectivity index (χ1n) is 7.90. The van der Waals surface area contributed by atoms with Crippen LogP contribution in [0.2, 0.25) is 0 Å². The van der Waals surface area contributed by atoms with E-state index in [1.54, 1.807) is 0 Å². The fraction of sp³-hybridized carbons (Fsp3) is 0.278. The Morgan fingerprint density at radius 1 is 0.957 bits per heavy atom. The largest absolute Gasteiger partial charge is 0.378 e. The van der Waals surface area contributed by atoms with Gasteiger partial charge in [-0.15, -0.1) is 0 Å². The molecule has 2 heterocycles. The van der Waals surface area contributed by atoms with Gasteiger partial charge in [0.1, 0.15) is 6.17 Å². The highest BCUT2D eigenvalue weighted by molar-refractivity contribution is 6.01. The molecule has 1 saturated heterocycles. The second kappa shape index (κ2) is 5.93. The van der Waals surface area contributed by atoms with E-state index in [1.807, 2.05) is 24.3 Å². The number of carbonyl (C=O) groups excluding carboxylic acids is 1. The minimum absolute atomic E-state index is 0.0402. The van der Waals surface area contributed by atoms with Gasteiger partial charge in [-0.3, -0.25) is 4.79 Å². The Morgan fingerprint density at radius 2 is 1.70 bits per heavy atom. The highest BCUT2D eigenvalue weighted by Gasteiger charge is 2.24. The molecule has 1 atom stereocenters. The summed E-state index contributed by atoms with van der Waals surface area (Å²) in [6.45, 7) is 3.40. The van der Waals surface area contributed by atoms with Crippen molar-refractivity contribution in [3.8, 4) is 0 Å². The molecule has 0 aromatic heterocycles. The highest BCUT2D eigenvalue weighted by Crippen LogP contribution is 2.27. The standard InChI is InChI=1S/C18H19N3O2/c22-18-15-3-1-2-4-16(15)19-17(20-18)13-5-7-14(8-6-13)21-9-11-23-12-10-21/h1-8,17,19H,9-12H2,(H,20,22). The van der Waals surface area contributed by atoms with E-state index < -0.39 is 0 Å². The maximum Gasteiger partial charge on any atom is 0.255 e. The van der Waals surface area contributed by atoms with Crippen LogP contribution in [0.15, 0.2) is 48.5 Å². The predicted octanol–water partition coefficient (Wildman–Crippen LogP) is 2.38. The average molecular weight is 309 g/mol. The van der Waals surface area contributed by atoms with Crippen LogP contribution in [0.4, 0.5) is 11.4 Å². The Labute approximate surface area is 135 Å². The van der Waals surface area contributed by atoms with Crippen LogP contribution in [-0.4, -0.2) is 32.2 Å². The van der Waals surface area contributed by atoms with Crippen molar-refractivity contribution in [2.75, 3.05) is 36.5 Å². The summed E-state index contributed by atoms with van der Waals surface area (Å²) >= 11 is 0. The zero-order chi connectivity index (χ0) is 15.6. The van der Waals surface area contributed by atoms with E-state index in [4.69, 9.17) is 4.74 Å². The normalized spacial score (nSPS) is 20.4. The van der Waals surface area contributed by atoms with Crippen LogP contribution in [0.1, 0.15) is 22.1 Å². The van der Waals surface area contributed by atoms with Crippen LogP contribution in [0.5, 0.6) is 0 Å². The van der Waals surface area contributed by atoms with Crippen molar-refractivity contribution in [2.45, 2.75) is 6.17 Å². The van der Waals surface area contributed by atoms with Crippen molar-refractivity contribution >= 4 is 17.3 Å². The molecule has 2 N–H and O–H groups in total.